The molecule has 0 radical (unpaired) electrons. The van der Waals surface area contributed by atoms with Gasteiger partial charge < -0.3 is 15.3 Å². The second-order valence-corrected chi connectivity index (χ2v) is 11.9. The molecule has 9 heteroatoms. The van der Waals surface area contributed by atoms with Gasteiger partial charge in [-0.2, -0.15) is 4.98 Å². The van der Waals surface area contributed by atoms with Gasteiger partial charge in [-0.05, 0) is 80.1 Å². The van der Waals surface area contributed by atoms with Crippen LogP contribution in [0.3, 0.4) is 0 Å². The summed E-state index contributed by atoms with van der Waals surface area (Å²) in [4.78, 5) is 29.9. The normalized spacial score (nSPS) is 23.7. The molecule has 0 fully saturated rings. The smallest absolute Gasteiger partial charge is 0.278 e. The molecule has 2 atom stereocenters. The Bertz CT molecular complexity index is 1730. The van der Waals surface area contributed by atoms with E-state index in [9.17, 15) is 9.90 Å². The van der Waals surface area contributed by atoms with Crippen molar-refractivity contribution in [2.45, 2.75) is 63.6 Å². The van der Waals surface area contributed by atoms with Crippen molar-refractivity contribution in [1.82, 2.24) is 29.2 Å². The third kappa shape index (κ3) is 3.67. The van der Waals surface area contributed by atoms with E-state index in [0.717, 1.165) is 43.6 Å². The number of fused-ring (bicyclic) bond motifs is 2. The van der Waals surface area contributed by atoms with Gasteiger partial charge >= 0.3 is 0 Å². The Hall–Kier alpha value is -3.82. The number of anilines is 2. The van der Waals surface area contributed by atoms with Gasteiger partial charge in [0.2, 0.25) is 5.95 Å². The fourth-order valence-corrected chi connectivity index (χ4v) is 7.07. The number of pyridine rings is 1. The van der Waals surface area contributed by atoms with E-state index in [1.807, 2.05) is 12.1 Å². The van der Waals surface area contributed by atoms with Crippen LogP contribution in [-0.4, -0.2) is 47.9 Å². The maximum absolute atomic E-state index is 13.4. The average Bonchev–Trinajstić information content (AvgIpc) is 3.48. The van der Waals surface area contributed by atoms with Crippen LogP contribution in [0.25, 0.3) is 16.9 Å². The number of aromatic nitrogens is 5. The van der Waals surface area contributed by atoms with E-state index in [4.69, 9.17) is 9.97 Å². The minimum atomic E-state index is -1.00. The monoisotopic (exact) mass is 523 g/mol. The first-order chi connectivity index (χ1) is 18.7. The number of nitrogens with one attached hydrogen (secondary N) is 1. The predicted molar refractivity (Wildman–Crippen MR) is 151 cm³/mol. The van der Waals surface area contributed by atoms with Crippen LogP contribution < -0.4 is 10.9 Å². The van der Waals surface area contributed by atoms with Crippen molar-refractivity contribution in [2.24, 2.45) is 0 Å². The summed E-state index contributed by atoms with van der Waals surface area (Å²) in [6.45, 7) is 10.3. The molecule has 1 aromatic carbocycles. The van der Waals surface area contributed by atoms with Crippen LogP contribution in [0.15, 0.2) is 47.9 Å². The molecule has 0 bridgehead atoms. The highest BCUT2D eigenvalue weighted by atomic mass is 16.3. The topological polar surface area (TPSA) is 101 Å². The molecule has 7 rings (SSSR count). The Morgan fingerprint density at radius 1 is 1.13 bits per heavy atom. The molecule has 4 heterocycles. The van der Waals surface area contributed by atoms with E-state index < -0.39 is 5.60 Å². The van der Waals surface area contributed by atoms with Gasteiger partial charge in [-0.25, -0.2) is 19.3 Å². The summed E-state index contributed by atoms with van der Waals surface area (Å²) >= 11 is 0. The Balaban J connectivity index is 1.34. The third-order valence-corrected chi connectivity index (χ3v) is 8.72. The lowest BCUT2D eigenvalue weighted by molar-refractivity contribution is 0.0553. The fraction of sp³-hybridized carbons (Fsp3) is 0.400. The van der Waals surface area contributed by atoms with Crippen LogP contribution in [0.4, 0.5) is 11.6 Å². The van der Waals surface area contributed by atoms with Crippen molar-refractivity contribution in [1.29, 1.82) is 0 Å². The van der Waals surface area contributed by atoms with E-state index in [1.54, 1.807) is 28.6 Å². The molecule has 39 heavy (non-hydrogen) atoms. The van der Waals surface area contributed by atoms with Gasteiger partial charge in [0.15, 0.2) is 11.5 Å². The van der Waals surface area contributed by atoms with Crippen LogP contribution in [-0.2, 0) is 36.9 Å². The molecular weight excluding hydrogens is 490 g/mol. The molecule has 1 aliphatic heterocycles. The zero-order valence-electron chi connectivity index (χ0n) is 22.7. The second-order valence-electron chi connectivity index (χ2n) is 11.9. The van der Waals surface area contributed by atoms with Gasteiger partial charge in [-0.1, -0.05) is 19.1 Å². The molecule has 2 N–H and O–H groups in total. The van der Waals surface area contributed by atoms with Gasteiger partial charge in [0.1, 0.15) is 11.0 Å². The summed E-state index contributed by atoms with van der Waals surface area (Å²) in [6.07, 6.45) is 6.88. The van der Waals surface area contributed by atoms with Crippen LogP contribution in [0.1, 0.15) is 54.6 Å². The number of aryl methyl sites for hydroxylation is 2. The van der Waals surface area contributed by atoms with E-state index in [0.29, 0.717) is 34.9 Å². The molecule has 0 amide bonds. The van der Waals surface area contributed by atoms with E-state index in [2.05, 4.69) is 47.9 Å². The molecule has 3 aromatic heterocycles. The molecule has 3 aliphatic rings. The summed E-state index contributed by atoms with van der Waals surface area (Å²) in [5.41, 5.74) is 6.34. The van der Waals surface area contributed by atoms with Crippen molar-refractivity contribution >= 4 is 22.7 Å². The maximum atomic E-state index is 13.4. The zero-order valence-corrected chi connectivity index (χ0v) is 22.7. The van der Waals surface area contributed by atoms with E-state index >= 15 is 0 Å². The highest BCUT2D eigenvalue weighted by Gasteiger charge is 2.40. The molecule has 0 saturated carbocycles. The first kappa shape index (κ1) is 24.2. The first-order valence-corrected chi connectivity index (χ1v) is 13.6. The standard InChI is InChI=1S/C30H33N7O2/c1-5-12-36-27(38)22-15-31-28(32-21-13-19-8-10-29(2)17-35(4)16-20(14-21)24(19)29)34-26(22)37(36)23-7-6-18-9-11-30(3,39)25(18)33-23/h5-7,13-15,39H,1,8-12,16-17H2,2-4H3,(H,31,32,34). The largest absolute Gasteiger partial charge is 0.384 e. The van der Waals surface area contributed by atoms with Crippen LogP contribution >= 0.6 is 0 Å². The molecule has 2 aliphatic carbocycles. The van der Waals surface area contributed by atoms with E-state index in [1.165, 1.54) is 16.7 Å². The zero-order chi connectivity index (χ0) is 27.1. The summed E-state index contributed by atoms with van der Waals surface area (Å²) in [5.74, 6) is 0.941. The summed E-state index contributed by atoms with van der Waals surface area (Å²) in [6, 6.07) is 8.30. The highest BCUT2D eigenvalue weighted by molar-refractivity contribution is 5.77. The van der Waals surface area contributed by atoms with Crippen LogP contribution in [0.5, 0.6) is 0 Å². The van der Waals surface area contributed by atoms with Crippen molar-refractivity contribution < 1.29 is 5.11 Å². The summed E-state index contributed by atoms with van der Waals surface area (Å²) < 4.78 is 3.28. The van der Waals surface area contributed by atoms with Crippen molar-refractivity contribution in [2.75, 3.05) is 18.9 Å². The van der Waals surface area contributed by atoms with Crippen LogP contribution in [0.2, 0.25) is 0 Å². The molecule has 2 unspecified atom stereocenters. The third-order valence-electron chi connectivity index (χ3n) is 8.72. The lowest BCUT2D eigenvalue weighted by atomic mass is 9.78. The van der Waals surface area contributed by atoms with Gasteiger partial charge in [0, 0.05) is 30.4 Å². The molecule has 200 valence electrons. The molecule has 0 spiro atoms. The number of aliphatic hydroxyl groups is 1. The number of likely N-dealkylation sites (N-methyl/N-ethyl adjacent to an activating group) is 1. The molecule has 0 saturated heterocycles. The minimum Gasteiger partial charge on any atom is -0.384 e. The quantitative estimate of drug-likeness (QED) is 0.385. The number of benzene rings is 1. The minimum absolute atomic E-state index is 0.212. The second kappa shape index (κ2) is 8.34. The SMILES string of the molecule is C=CCn1c(=O)c2cnc(Nc3cc4c5c(c3)CN(C)CC5(C)CC4)nc2n1-c1ccc2c(n1)C(C)(O)CC2. The number of nitrogens with zero attached hydrogens (tertiary/aromatic N) is 6. The Morgan fingerprint density at radius 3 is 2.74 bits per heavy atom. The van der Waals surface area contributed by atoms with Crippen molar-refractivity contribution in [3.8, 4) is 5.82 Å². The maximum Gasteiger partial charge on any atom is 0.278 e. The van der Waals surface area contributed by atoms with Crippen LogP contribution in [0, 0.1) is 0 Å². The molecule has 4 aromatic rings. The Labute approximate surface area is 226 Å². The van der Waals surface area contributed by atoms with Gasteiger partial charge in [0.25, 0.3) is 5.56 Å². The van der Waals surface area contributed by atoms with Crippen molar-refractivity contribution in [3.63, 3.8) is 0 Å². The Morgan fingerprint density at radius 2 is 1.92 bits per heavy atom. The number of hydrogen-bond donors (Lipinski definition) is 2. The Kier molecular flexibility index (Phi) is 5.18. The van der Waals surface area contributed by atoms with Gasteiger partial charge in [-0.15, -0.1) is 6.58 Å². The molecular formula is C30H33N7O2. The van der Waals surface area contributed by atoms with Gasteiger partial charge in [-0.3, -0.25) is 4.79 Å². The lowest BCUT2D eigenvalue weighted by Crippen LogP contribution is -2.40. The summed E-state index contributed by atoms with van der Waals surface area (Å²) in [5, 5.41) is 14.7. The van der Waals surface area contributed by atoms with Gasteiger partial charge in [0.05, 0.1) is 12.2 Å². The van der Waals surface area contributed by atoms with Crippen molar-refractivity contribution in [3.05, 3.63) is 81.4 Å². The fourth-order valence-electron chi connectivity index (χ4n) is 7.07. The lowest BCUT2D eigenvalue weighted by Gasteiger charge is -2.38. The first-order valence-electron chi connectivity index (χ1n) is 13.6. The highest BCUT2D eigenvalue weighted by Crippen LogP contribution is 2.45. The number of rotatable bonds is 5. The number of hydrogen-bond acceptors (Lipinski definition) is 7. The number of allylic oxidation sites excluding steroid dienone is 1. The molecule has 9 nitrogen and oxygen atoms in total. The predicted octanol–water partition coefficient (Wildman–Crippen LogP) is 3.71. The average molecular weight is 524 g/mol. The summed E-state index contributed by atoms with van der Waals surface area (Å²) in [7, 11) is 2.18. The van der Waals surface area contributed by atoms with E-state index in [-0.39, 0.29) is 17.5 Å².